The number of amides is 1. The van der Waals surface area contributed by atoms with Gasteiger partial charge in [0.1, 0.15) is 11.8 Å². The molecule has 0 spiro atoms. The second kappa shape index (κ2) is 7.25. The molecule has 2 aromatic rings. The van der Waals surface area contributed by atoms with Crippen molar-refractivity contribution in [3.05, 3.63) is 60.2 Å². The standard InChI is InChI=1S/C18H19N3O3/c1-12(22)19-14-8-5-9-15(10-14)24-18(23)17-11-16(20-21-17)13-6-3-2-4-7-13/h2-10,16-17,20-21H,11H2,1H3,(H,19,22). The monoisotopic (exact) mass is 325 g/mol. The lowest BCUT2D eigenvalue weighted by atomic mass is 10.0. The van der Waals surface area contributed by atoms with Gasteiger partial charge in [-0.1, -0.05) is 36.4 Å². The summed E-state index contributed by atoms with van der Waals surface area (Å²) in [6.45, 7) is 1.43. The van der Waals surface area contributed by atoms with Crippen molar-refractivity contribution in [2.75, 3.05) is 5.32 Å². The number of esters is 1. The summed E-state index contributed by atoms with van der Waals surface area (Å²) >= 11 is 0. The molecule has 0 saturated carbocycles. The normalized spacial score (nSPS) is 19.7. The minimum atomic E-state index is -0.431. The molecule has 3 N–H and O–H groups in total. The number of hydrazine groups is 1. The van der Waals surface area contributed by atoms with Crippen molar-refractivity contribution in [3.63, 3.8) is 0 Å². The van der Waals surface area contributed by atoms with Crippen molar-refractivity contribution in [1.82, 2.24) is 10.9 Å². The van der Waals surface area contributed by atoms with Gasteiger partial charge >= 0.3 is 5.97 Å². The largest absolute Gasteiger partial charge is 0.425 e. The van der Waals surface area contributed by atoms with Crippen LogP contribution in [0.5, 0.6) is 5.75 Å². The zero-order valence-corrected chi connectivity index (χ0v) is 13.3. The number of ether oxygens (including phenoxy) is 1. The fraction of sp³-hybridized carbons (Fsp3) is 0.222. The Morgan fingerprint density at radius 1 is 1.08 bits per heavy atom. The Kier molecular flexibility index (Phi) is 4.88. The maximum Gasteiger partial charge on any atom is 0.329 e. The lowest BCUT2D eigenvalue weighted by molar-refractivity contribution is -0.136. The van der Waals surface area contributed by atoms with Crippen LogP contribution in [0, 0.1) is 0 Å². The topological polar surface area (TPSA) is 79.5 Å². The van der Waals surface area contributed by atoms with Gasteiger partial charge in [0, 0.05) is 24.7 Å². The average molecular weight is 325 g/mol. The maximum atomic E-state index is 12.3. The molecule has 0 bridgehead atoms. The smallest absolute Gasteiger partial charge is 0.329 e. The number of rotatable bonds is 4. The molecule has 1 amide bonds. The van der Waals surface area contributed by atoms with Gasteiger partial charge in [0.2, 0.25) is 5.91 Å². The van der Waals surface area contributed by atoms with E-state index in [1.165, 1.54) is 6.92 Å². The van der Waals surface area contributed by atoms with Crippen molar-refractivity contribution in [3.8, 4) is 5.75 Å². The third kappa shape index (κ3) is 3.98. The van der Waals surface area contributed by atoms with Crippen LogP contribution in [0.2, 0.25) is 0 Å². The van der Waals surface area contributed by atoms with E-state index in [1.807, 2.05) is 30.3 Å². The van der Waals surface area contributed by atoms with Crippen molar-refractivity contribution < 1.29 is 14.3 Å². The molecule has 0 radical (unpaired) electrons. The first-order valence-corrected chi connectivity index (χ1v) is 7.77. The predicted molar refractivity (Wildman–Crippen MR) is 90.2 cm³/mol. The molecule has 3 rings (SSSR count). The highest BCUT2D eigenvalue weighted by molar-refractivity contribution is 5.89. The highest BCUT2D eigenvalue weighted by Crippen LogP contribution is 2.24. The highest BCUT2D eigenvalue weighted by atomic mass is 16.5. The molecule has 1 fully saturated rings. The van der Waals surface area contributed by atoms with E-state index in [9.17, 15) is 9.59 Å². The first-order valence-electron chi connectivity index (χ1n) is 7.77. The van der Waals surface area contributed by atoms with E-state index in [0.717, 1.165) is 5.56 Å². The Balaban J connectivity index is 1.61. The maximum absolute atomic E-state index is 12.3. The van der Waals surface area contributed by atoms with Crippen LogP contribution in [-0.4, -0.2) is 17.9 Å². The van der Waals surface area contributed by atoms with E-state index < -0.39 is 6.04 Å². The van der Waals surface area contributed by atoms with Crippen LogP contribution in [0.3, 0.4) is 0 Å². The molecular weight excluding hydrogens is 306 g/mol. The van der Waals surface area contributed by atoms with E-state index >= 15 is 0 Å². The molecule has 2 aromatic carbocycles. The molecule has 1 heterocycles. The lowest BCUT2D eigenvalue weighted by Gasteiger charge is -2.11. The molecule has 6 nitrogen and oxygen atoms in total. The minimum Gasteiger partial charge on any atom is -0.425 e. The molecular formula is C18H19N3O3. The SMILES string of the molecule is CC(=O)Nc1cccc(OC(=O)C2CC(c3ccccc3)NN2)c1. The Bertz CT molecular complexity index is 733. The van der Waals surface area contributed by atoms with E-state index in [4.69, 9.17) is 4.74 Å². The van der Waals surface area contributed by atoms with Crippen LogP contribution < -0.4 is 20.9 Å². The molecule has 6 heteroatoms. The summed E-state index contributed by atoms with van der Waals surface area (Å²) in [5, 5.41) is 2.66. The summed E-state index contributed by atoms with van der Waals surface area (Å²) in [5.74, 6) is -0.136. The van der Waals surface area contributed by atoms with Gasteiger partial charge in [0.15, 0.2) is 0 Å². The number of nitrogens with one attached hydrogen (secondary N) is 3. The van der Waals surface area contributed by atoms with Gasteiger partial charge < -0.3 is 10.1 Å². The van der Waals surface area contributed by atoms with Gasteiger partial charge in [-0.15, -0.1) is 0 Å². The third-order valence-electron chi connectivity index (χ3n) is 3.76. The molecule has 124 valence electrons. The van der Waals surface area contributed by atoms with Crippen LogP contribution >= 0.6 is 0 Å². The summed E-state index contributed by atoms with van der Waals surface area (Å²) in [5.41, 5.74) is 7.81. The number of anilines is 1. The Hall–Kier alpha value is -2.70. The van der Waals surface area contributed by atoms with Crippen LogP contribution in [0.4, 0.5) is 5.69 Å². The average Bonchev–Trinajstić information content (AvgIpc) is 3.05. The van der Waals surface area contributed by atoms with E-state index in [-0.39, 0.29) is 17.9 Å². The fourth-order valence-corrected chi connectivity index (χ4v) is 2.64. The van der Waals surface area contributed by atoms with E-state index in [2.05, 4.69) is 16.2 Å². The second-order valence-electron chi connectivity index (χ2n) is 5.67. The zero-order chi connectivity index (χ0) is 16.9. The van der Waals surface area contributed by atoms with Gasteiger partial charge in [0.05, 0.1) is 0 Å². The van der Waals surface area contributed by atoms with Gasteiger partial charge in [-0.25, -0.2) is 15.6 Å². The second-order valence-corrected chi connectivity index (χ2v) is 5.67. The Morgan fingerprint density at radius 3 is 2.62 bits per heavy atom. The number of carbonyl (C=O) groups excluding carboxylic acids is 2. The van der Waals surface area contributed by atoms with E-state index in [0.29, 0.717) is 17.9 Å². The summed E-state index contributed by atoms with van der Waals surface area (Å²) in [6, 6.07) is 16.3. The molecule has 2 unspecified atom stereocenters. The van der Waals surface area contributed by atoms with Crippen molar-refractivity contribution in [1.29, 1.82) is 0 Å². The molecule has 1 aliphatic heterocycles. The van der Waals surface area contributed by atoms with Gasteiger partial charge in [0.25, 0.3) is 0 Å². The number of hydrogen-bond donors (Lipinski definition) is 3. The van der Waals surface area contributed by atoms with Crippen LogP contribution in [0.15, 0.2) is 54.6 Å². The molecule has 0 aromatic heterocycles. The molecule has 1 saturated heterocycles. The summed E-state index contributed by atoms with van der Waals surface area (Å²) in [4.78, 5) is 23.4. The zero-order valence-electron chi connectivity index (χ0n) is 13.3. The highest BCUT2D eigenvalue weighted by Gasteiger charge is 2.31. The van der Waals surface area contributed by atoms with Crippen LogP contribution in [-0.2, 0) is 9.59 Å². The lowest BCUT2D eigenvalue weighted by Crippen LogP contribution is -2.38. The van der Waals surface area contributed by atoms with Gasteiger partial charge in [-0.2, -0.15) is 0 Å². The van der Waals surface area contributed by atoms with Crippen molar-refractivity contribution in [2.45, 2.75) is 25.4 Å². The molecule has 1 aliphatic rings. The van der Waals surface area contributed by atoms with Crippen molar-refractivity contribution in [2.24, 2.45) is 0 Å². The van der Waals surface area contributed by atoms with Gasteiger partial charge in [-0.3, -0.25) is 4.79 Å². The summed E-state index contributed by atoms with van der Waals surface area (Å²) < 4.78 is 5.41. The molecule has 0 aliphatic carbocycles. The first-order chi connectivity index (χ1) is 11.6. The van der Waals surface area contributed by atoms with Crippen LogP contribution in [0.25, 0.3) is 0 Å². The Morgan fingerprint density at radius 2 is 1.88 bits per heavy atom. The number of hydrogen-bond acceptors (Lipinski definition) is 5. The quantitative estimate of drug-likeness (QED) is 0.593. The summed E-state index contributed by atoms with van der Waals surface area (Å²) in [7, 11) is 0. The minimum absolute atomic E-state index is 0.0643. The Labute approximate surface area is 140 Å². The fourth-order valence-electron chi connectivity index (χ4n) is 2.64. The first kappa shape index (κ1) is 16.2. The third-order valence-corrected chi connectivity index (χ3v) is 3.76. The summed E-state index contributed by atoms with van der Waals surface area (Å²) in [6.07, 6.45) is 0.605. The molecule has 24 heavy (non-hydrogen) atoms. The number of carbonyl (C=O) groups is 2. The van der Waals surface area contributed by atoms with E-state index in [1.54, 1.807) is 24.3 Å². The number of benzene rings is 2. The van der Waals surface area contributed by atoms with Crippen molar-refractivity contribution >= 4 is 17.6 Å². The van der Waals surface area contributed by atoms with Crippen LogP contribution in [0.1, 0.15) is 24.9 Å². The predicted octanol–water partition coefficient (Wildman–Crippen LogP) is 2.16. The molecule has 2 atom stereocenters. The van der Waals surface area contributed by atoms with Gasteiger partial charge in [-0.05, 0) is 24.1 Å².